The van der Waals surface area contributed by atoms with E-state index in [1.807, 2.05) is 0 Å². The van der Waals surface area contributed by atoms with Crippen molar-refractivity contribution in [2.75, 3.05) is 0 Å². The number of ether oxygens (including phenoxy) is 5. The molecular formula is C23H19NO11. The molecule has 0 amide bonds. The highest BCUT2D eigenvalue weighted by molar-refractivity contribution is 5.96. The number of carbonyl (C=O) groups is 5. The molecule has 0 atom stereocenters. The zero-order chi connectivity index (χ0) is 26.0. The van der Waals surface area contributed by atoms with E-state index in [0.717, 1.165) is 34.6 Å². The predicted octanol–water partition coefficient (Wildman–Crippen LogP) is 2.26. The lowest BCUT2D eigenvalue weighted by atomic mass is 10.0. The van der Waals surface area contributed by atoms with Gasteiger partial charge in [0.25, 0.3) is 0 Å². The van der Waals surface area contributed by atoms with Crippen molar-refractivity contribution in [2.45, 2.75) is 34.6 Å². The lowest BCUT2D eigenvalue weighted by molar-refractivity contribution is -0.135. The minimum absolute atomic E-state index is 0.0771. The van der Waals surface area contributed by atoms with Crippen molar-refractivity contribution in [1.29, 1.82) is 0 Å². The van der Waals surface area contributed by atoms with Crippen LogP contribution >= 0.6 is 0 Å². The van der Waals surface area contributed by atoms with E-state index in [4.69, 9.17) is 23.7 Å². The summed E-state index contributed by atoms with van der Waals surface area (Å²) >= 11 is 0. The van der Waals surface area contributed by atoms with E-state index in [2.05, 4.69) is 4.98 Å². The second kappa shape index (κ2) is 9.63. The number of esters is 5. The Bertz CT molecular complexity index is 1430. The lowest BCUT2D eigenvalue weighted by Gasteiger charge is -2.19. The predicted molar refractivity (Wildman–Crippen MR) is 118 cm³/mol. The van der Waals surface area contributed by atoms with Crippen LogP contribution in [-0.2, 0) is 24.0 Å². The van der Waals surface area contributed by atoms with Crippen LogP contribution in [0, 0.1) is 0 Å². The number of hydrogen-bond acceptors (Lipinski definition) is 11. The summed E-state index contributed by atoms with van der Waals surface area (Å²) in [7, 11) is 0. The van der Waals surface area contributed by atoms with Gasteiger partial charge in [-0.2, -0.15) is 0 Å². The molecule has 1 heterocycles. The van der Waals surface area contributed by atoms with Crippen molar-refractivity contribution in [1.82, 2.24) is 4.98 Å². The normalized spacial score (nSPS) is 10.5. The fourth-order valence-electron chi connectivity index (χ4n) is 3.24. The molecule has 1 aliphatic heterocycles. The molecule has 182 valence electrons. The zero-order valence-electron chi connectivity index (χ0n) is 19.2. The number of aromatic amines is 1. The Kier molecular flexibility index (Phi) is 6.85. The second-order valence-electron chi connectivity index (χ2n) is 7.20. The molecule has 1 aromatic carbocycles. The van der Waals surface area contributed by atoms with Crippen molar-refractivity contribution in [3.8, 4) is 40.0 Å². The molecule has 2 aliphatic rings. The number of hydrogen-bond donors (Lipinski definition) is 1. The van der Waals surface area contributed by atoms with E-state index in [9.17, 15) is 28.8 Å². The Morgan fingerprint density at radius 1 is 0.629 bits per heavy atom. The third kappa shape index (κ3) is 5.27. The number of aromatic nitrogens is 1. The van der Waals surface area contributed by atoms with Crippen molar-refractivity contribution in [2.24, 2.45) is 0 Å². The lowest BCUT2D eigenvalue weighted by Crippen LogP contribution is -2.20. The monoisotopic (exact) mass is 485 g/mol. The van der Waals surface area contributed by atoms with Gasteiger partial charge in [0.05, 0.1) is 16.8 Å². The highest BCUT2D eigenvalue weighted by Gasteiger charge is 2.31. The van der Waals surface area contributed by atoms with Gasteiger partial charge in [-0.15, -0.1) is 0 Å². The Morgan fingerprint density at radius 2 is 1.11 bits per heavy atom. The number of H-pyrrole nitrogens is 1. The van der Waals surface area contributed by atoms with Crippen LogP contribution in [0.4, 0.5) is 0 Å². The molecule has 0 spiro atoms. The van der Waals surface area contributed by atoms with Gasteiger partial charge in [-0.3, -0.25) is 28.8 Å². The summed E-state index contributed by atoms with van der Waals surface area (Å²) in [6.07, 6.45) is 0. The van der Waals surface area contributed by atoms with Crippen LogP contribution in [0.1, 0.15) is 34.6 Å². The van der Waals surface area contributed by atoms with E-state index < -0.39 is 52.5 Å². The maximum Gasteiger partial charge on any atom is 0.308 e. The summed E-state index contributed by atoms with van der Waals surface area (Å²) in [4.78, 5) is 74.6. The molecule has 3 rings (SSSR count). The van der Waals surface area contributed by atoms with E-state index in [0.29, 0.717) is 5.39 Å². The smallest absolute Gasteiger partial charge is 0.308 e. The van der Waals surface area contributed by atoms with Crippen LogP contribution < -0.4 is 29.1 Å². The molecule has 1 aliphatic carbocycles. The van der Waals surface area contributed by atoms with Crippen molar-refractivity contribution >= 4 is 40.7 Å². The topological polar surface area (TPSA) is 164 Å². The van der Waals surface area contributed by atoms with Crippen molar-refractivity contribution in [3.05, 3.63) is 28.4 Å². The van der Waals surface area contributed by atoms with Gasteiger partial charge in [-0.1, -0.05) is 0 Å². The fraction of sp³-hybridized carbons (Fsp3) is 0.217. The zero-order valence-corrected chi connectivity index (χ0v) is 19.2. The summed E-state index contributed by atoms with van der Waals surface area (Å²) in [6.45, 7) is 5.39. The second-order valence-corrected chi connectivity index (χ2v) is 7.20. The third-order valence-electron chi connectivity index (χ3n) is 4.30. The SMILES string of the molecule is CC(=O)Oc1ccc2cc3c(=O)c(OC(C)=O)c(OC(C)=O)c(OC(C)=O)c-3[nH]c2c1OC(C)=O. The summed E-state index contributed by atoms with van der Waals surface area (Å²) in [5.41, 5.74) is -1.06. The molecule has 12 heteroatoms. The van der Waals surface area contributed by atoms with Gasteiger partial charge in [0, 0.05) is 40.0 Å². The number of nitrogens with one attached hydrogen (secondary N) is 1. The maximum absolute atomic E-state index is 13.2. The van der Waals surface area contributed by atoms with E-state index >= 15 is 0 Å². The van der Waals surface area contributed by atoms with E-state index in [-0.39, 0.29) is 28.3 Å². The average Bonchev–Trinajstić information content (AvgIpc) is 2.73. The highest BCUT2D eigenvalue weighted by Crippen LogP contribution is 2.46. The van der Waals surface area contributed by atoms with Crippen LogP contribution in [0.25, 0.3) is 22.2 Å². The number of pyridine rings is 1. The quantitative estimate of drug-likeness (QED) is 0.320. The molecule has 12 nitrogen and oxygen atoms in total. The van der Waals surface area contributed by atoms with Gasteiger partial charge in [-0.05, 0) is 18.2 Å². The van der Waals surface area contributed by atoms with Crippen LogP contribution in [0.15, 0.2) is 23.0 Å². The summed E-state index contributed by atoms with van der Waals surface area (Å²) in [5.74, 6) is -6.08. The Morgan fingerprint density at radius 3 is 1.66 bits per heavy atom. The van der Waals surface area contributed by atoms with Crippen LogP contribution in [0.2, 0.25) is 0 Å². The molecule has 0 saturated carbocycles. The van der Waals surface area contributed by atoms with Crippen LogP contribution in [-0.4, -0.2) is 34.8 Å². The molecule has 0 bridgehead atoms. The van der Waals surface area contributed by atoms with Crippen LogP contribution in [0.5, 0.6) is 28.7 Å². The fourth-order valence-corrected chi connectivity index (χ4v) is 3.24. The van der Waals surface area contributed by atoms with Crippen molar-refractivity contribution < 1.29 is 47.7 Å². The number of benzene rings is 2. The Balaban J connectivity index is 2.53. The van der Waals surface area contributed by atoms with E-state index in [1.54, 1.807) is 0 Å². The molecule has 1 N–H and O–H groups in total. The minimum Gasteiger partial charge on any atom is -0.423 e. The summed E-state index contributed by atoms with van der Waals surface area (Å²) in [6, 6.07) is 4.15. The average molecular weight is 485 g/mol. The highest BCUT2D eigenvalue weighted by atomic mass is 16.6. The van der Waals surface area contributed by atoms with Gasteiger partial charge >= 0.3 is 29.8 Å². The first-order valence-corrected chi connectivity index (χ1v) is 10.0. The Hall–Kier alpha value is -4.74. The molecule has 0 saturated heterocycles. The first kappa shape index (κ1) is 24.9. The van der Waals surface area contributed by atoms with Gasteiger partial charge < -0.3 is 28.7 Å². The molecule has 0 radical (unpaired) electrons. The van der Waals surface area contributed by atoms with Crippen molar-refractivity contribution in [3.63, 3.8) is 0 Å². The molecule has 1 aromatic rings. The standard InChI is InChI=1S/C23H19NO11/c1-9(25)31-16-7-6-14-8-15-18(24-17(14)20(16)32-10(2)26)21(33-11(3)27)23(35-13(5)29)22(19(15)30)34-12(4)28/h6-8,24H,1-5H3. The number of fused-ring (bicyclic) bond motifs is 2. The Labute approximate surface area is 197 Å². The molecule has 0 unspecified atom stereocenters. The maximum atomic E-state index is 13.2. The van der Waals surface area contributed by atoms with Gasteiger partial charge in [0.2, 0.25) is 22.7 Å². The molecule has 0 fully saturated rings. The molecular weight excluding hydrogens is 466 g/mol. The van der Waals surface area contributed by atoms with Gasteiger partial charge in [-0.25, -0.2) is 0 Å². The van der Waals surface area contributed by atoms with E-state index in [1.165, 1.54) is 18.2 Å². The third-order valence-corrected chi connectivity index (χ3v) is 4.30. The molecule has 0 aromatic heterocycles. The summed E-state index contributed by atoms with van der Waals surface area (Å²) in [5, 5.41) is 0.310. The largest absolute Gasteiger partial charge is 0.423 e. The number of rotatable bonds is 5. The van der Waals surface area contributed by atoms with Gasteiger partial charge in [0.1, 0.15) is 0 Å². The minimum atomic E-state index is -0.899. The summed E-state index contributed by atoms with van der Waals surface area (Å²) < 4.78 is 25.7. The number of carbonyl (C=O) groups excluding carboxylic acids is 5. The van der Waals surface area contributed by atoms with Gasteiger partial charge in [0.15, 0.2) is 11.5 Å². The first-order chi connectivity index (χ1) is 16.4. The molecule has 35 heavy (non-hydrogen) atoms. The first-order valence-electron chi connectivity index (χ1n) is 10.0. The van der Waals surface area contributed by atoms with Crippen LogP contribution in [0.3, 0.4) is 0 Å².